The maximum absolute atomic E-state index is 11.0. The van der Waals surface area contributed by atoms with Crippen LogP contribution in [0.4, 0.5) is 5.82 Å². The molecular formula is C19H26N4O. The summed E-state index contributed by atoms with van der Waals surface area (Å²) in [5, 5.41) is 11.0. The maximum atomic E-state index is 11.0. The van der Waals surface area contributed by atoms with E-state index in [0.717, 1.165) is 36.7 Å². The van der Waals surface area contributed by atoms with Crippen molar-refractivity contribution < 1.29 is 5.11 Å². The van der Waals surface area contributed by atoms with Crippen molar-refractivity contribution in [3.63, 3.8) is 0 Å². The first kappa shape index (κ1) is 16.9. The Labute approximate surface area is 144 Å². The Morgan fingerprint density at radius 2 is 2.00 bits per heavy atom. The average molecular weight is 326 g/mol. The van der Waals surface area contributed by atoms with Crippen molar-refractivity contribution in [1.29, 1.82) is 0 Å². The second kappa shape index (κ2) is 6.87. The van der Waals surface area contributed by atoms with E-state index in [2.05, 4.69) is 39.1 Å². The van der Waals surface area contributed by atoms with Gasteiger partial charge in [0.2, 0.25) is 0 Å². The molecule has 5 nitrogen and oxygen atoms in total. The molecule has 0 spiro atoms. The van der Waals surface area contributed by atoms with Gasteiger partial charge in [-0.1, -0.05) is 30.3 Å². The molecule has 1 aromatic heterocycles. The normalized spacial score (nSPS) is 21.2. The summed E-state index contributed by atoms with van der Waals surface area (Å²) in [5.74, 6) is 0.852. The number of likely N-dealkylation sites (N-methyl/N-ethyl adjacent to an activating group) is 1. The van der Waals surface area contributed by atoms with Crippen molar-refractivity contribution in [2.45, 2.75) is 32.4 Å². The van der Waals surface area contributed by atoms with E-state index in [-0.39, 0.29) is 0 Å². The molecule has 2 aromatic rings. The first-order valence-electron chi connectivity index (χ1n) is 8.45. The number of benzene rings is 1. The van der Waals surface area contributed by atoms with Crippen molar-refractivity contribution in [1.82, 2.24) is 14.9 Å². The summed E-state index contributed by atoms with van der Waals surface area (Å²) in [5.41, 5.74) is 2.37. The third kappa shape index (κ3) is 3.91. The van der Waals surface area contributed by atoms with Gasteiger partial charge in [-0.15, -0.1) is 0 Å². The summed E-state index contributed by atoms with van der Waals surface area (Å²) in [6.45, 7) is 6.95. The molecule has 0 unspecified atom stereocenters. The third-order valence-corrected chi connectivity index (χ3v) is 4.60. The van der Waals surface area contributed by atoms with E-state index >= 15 is 0 Å². The fourth-order valence-electron chi connectivity index (χ4n) is 3.45. The van der Waals surface area contributed by atoms with Gasteiger partial charge in [-0.25, -0.2) is 4.98 Å². The predicted molar refractivity (Wildman–Crippen MR) is 96.1 cm³/mol. The molecule has 0 aliphatic carbocycles. The number of nitrogens with zero attached hydrogens (tertiary/aromatic N) is 4. The van der Waals surface area contributed by atoms with E-state index in [9.17, 15) is 5.11 Å². The first-order chi connectivity index (χ1) is 11.5. The summed E-state index contributed by atoms with van der Waals surface area (Å²) >= 11 is 0. The van der Waals surface area contributed by atoms with Gasteiger partial charge in [-0.3, -0.25) is 9.88 Å². The molecule has 0 bridgehead atoms. The molecule has 1 fully saturated rings. The predicted octanol–water partition coefficient (Wildman–Crippen LogP) is 2.17. The van der Waals surface area contributed by atoms with E-state index in [0.29, 0.717) is 13.1 Å². The Hall–Kier alpha value is -1.98. The second-order valence-electron chi connectivity index (χ2n) is 6.95. The Balaban J connectivity index is 1.63. The van der Waals surface area contributed by atoms with Crippen molar-refractivity contribution in [3.05, 3.63) is 53.5 Å². The third-order valence-electron chi connectivity index (χ3n) is 4.60. The minimum Gasteiger partial charge on any atom is -0.387 e. The minimum atomic E-state index is -0.707. The van der Waals surface area contributed by atoms with Gasteiger partial charge in [0.15, 0.2) is 0 Å². The topological polar surface area (TPSA) is 52.5 Å². The molecule has 0 saturated carbocycles. The van der Waals surface area contributed by atoms with Gasteiger partial charge in [0.05, 0.1) is 17.0 Å². The number of rotatable bonds is 5. The zero-order valence-electron chi connectivity index (χ0n) is 14.7. The van der Waals surface area contributed by atoms with Gasteiger partial charge in [0, 0.05) is 39.4 Å². The zero-order chi connectivity index (χ0) is 17.2. The van der Waals surface area contributed by atoms with Gasteiger partial charge in [-0.2, -0.15) is 0 Å². The highest BCUT2D eigenvalue weighted by Crippen LogP contribution is 2.26. The molecule has 1 aliphatic rings. The lowest BCUT2D eigenvalue weighted by atomic mass is 10.0. The van der Waals surface area contributed by atoms with E-state index in [1.807, 2.05) is 31.9 Å². The average Bonchev–Trinajstić information content (AvgIpc) is 2.91. The summed E-state index contributed by atoms with van der Waals surface area (Å²) in [4.78, 5) is 13.3. The number of β-amino-alcohol motifs (C(OH)–C–C–N with tert-alkyl or cyclic N) is 1. The summed E-state index contributed by atoms with van der Waals surface area (Å²) < 4.78 is 0. The van der Waals surface area contributed by atoms with Crippen LogP contribution < -0.4 is 4.90 Å². The molecule has 1 aromatic carbocycles. The number of aryl methyl sites for hydroxylation is 2. The Morgan fingerprint density at radius 1 is 1.25 bits per heavy atom. The number of hydrogen-bond donors (Lipinski definition) is 1. The van der Waals surface area contributed by atoms with Crippen LogP contribution in [-0.2, 0) is 6.54 Å². The van der Waals surface area contributed by atoms with Gasteiger partial charge in [-0.05, 0) is 25.8 Å². The number of hydrogen-bond acceptors (Lipinski definition) is 5. The van der Waals surface area contributed by atoms with Crippen molar-refractivity contribution in [2.75, 3.05) is 31.6 Å². The highest BCUT2D eigenvalue weighted by Gasteiger charge is 2.37. The summed E-state index contributed by atoms with van der Waals surface area (Å²) in [6, 6.07) is 10.4. The van der Waals surface area contributed by atoms with E-state index in [1.54, 1.807) is 6.20 Å². The monoisotopic (exact) mass is 326 g/mol. The van der Waals surface area contributed by atoms with E-state index in [1.165, 1.54) is 5.56 Å². The fraction of sp³-hybridized carbons (Fsp3) is 0.474. The molecule has 128 valence electrons. The maximum Gasteiger partial charge on any atom is 0.150 e. The fourth-order valence-corrected chi connectivity index (χ4v) is 3.45. The van der Waals surface area contributed by atoms with Crippen LogP contribution in [0.5, 0.6) is 0 Å². The molecule has 1 aliphatic heterocycles. The highest BCUT2D eigenvalue weighted by molar-refractivity contribution is 5.42. The van der Waals surface area contributed by atoms with E-state index < -0.39 is 5.60 Å². The van der Waals surface area contributed by atoms with Crippen LogP contribution in [0.25, 0.3) is 0 Å². The molecular weight excluding hydrogens is 300 g/mol. The molecule has 0 radical (unpaired) electrons. The lowest BCUT2D eigenvalue weighted by Crippen LogP contribution is -2.44. The van der Waals surface area contributed by atoms with Crippen molar-refractivity contribution in [2.24, 2.45) is 0 Å². The molecule has 3 rings (SSSR count). The molecule has 2 heterocycles. The SMILES string of the molecule is Cc1cnc(C)c(N(C)C[C@@]2(O)CCN(Cc3ccccc3)C2)n1. The van der Waals surface area contributed by atoms with Crippen LogP contribution in [0.2, 0.25) is 0 Å². The Bertz CT molecular complexity index is 691. The van der Waals surface area contributed by atoms with Crippen LogP contribution in [0.15, 0.2) is 36.5 Å². The van der Waals surface area contributed by atoms with Crippen LogP contribution in [-0.4, -0.2) is 52.3 Å². The number of aliphatic hydroxyl groups is 1. The van der Waals surface area contributed by atoms with Gasteiger partial charge in [0.25, 0.3) is 0 Å². The molecule has 1 saturated heterocycles. The number of aromatic nitrogens is 2. The van der Waals surface area contributed by atoms with Crippen LogP contribution >= 0.6 is 0 Å². The van der Waals surface area contributed by atoms with Crippen molar-refractivity contribution in [3.8, 4) is 0 Å². The van der Waals surface area contributed by atoms with Crippen LogP contribution in [0.1, 0.15) is 23.4 Å². The number of anilines is 1. The minimum absolute atomic E-state index is 0.567. The molecule has 0 amide bonds. The van der Waals surface area contributed by atoms with Crippen LogP contribution in [0.3, 0.4) is 0 Å². The standard InChI is InChI=1S/C19H26N4O/c1-15-11-20-16(2)18(21-15)22(3)13-19(24)9-10-23(14-19)12-17-7-5-4-6-8-17/h4-8,11,24H,9-10,12-14H2,1-3H3/t19-/m0/s1. The number of likely N-dealkylation sites (tertiary alicyclic amines) is 1. The van der Waals surface area contributed by atoms with Gasteiger partial charge < -0.3 is 10.0 Å². The smallest absolute Gasteiger partial charge is 0.150 e. The largest absolute Gasteiger partial charge is 0.387 e. The zero-order valence-corrected chi connectivity index (χ0v) is 14.7. The van der Waals surface area contributed by atoms with Crippen LogP contribution in [0, 0.1) is 13.8 Å². The first-order valence-corrected chi connectivity index (χ1v) is 8.45. The molecule has 24 heavy (non-hydrogen) atoms. The van der Waals surface area contributed by atoms with Crippen molar-refractivity contribution >= 4 is 5.82 Å². The molecule has 1 atom stereocenters. The van der Waals surface area contributed by atoms with Gasteiger partial charge >= 0.3 is 0 Å². The highest BCUT2D eigenvalue weighted by atomic mass is 16.3. The van der Waals surface area contributed by atoms with E-state index in [4.69, 9.17) is 0 Å². The summed E-state index contributed by atoms with van der Waals surface area (Å²) in [6.07, 6.45) is 2.56. The summed E-state index contributed by atoms with van der Waals surface area (Å²) in [7, 11) is 1.98. The second-order valence-corrected chi connectivity index (χ2v) is 6.95. The lowest BCUT2D eigenvalue weighted by Gasteiger charge is -2.30. The Kier molecular flexibility index (Phi) is 4.83. The molecule has 1 N–H and O–H groups in total. The lowest BCUT2D eigenvalue weighted by molar-refractivity contribution is 0.0560. The Morgan fingerprint density at radius 3 is 2.75 bits per heavy atom. The quantitative estimate of drug-likeness (QED) is 0.912. The molecule has 5 heteroatoms. The van der Waals surface area contributed by atoms with Gasteiger partial charge in [0.1, 0.15) is 5.82 Å².